The summed E-state index contributed by atoms with van der Waals surface area (Å²) in [6, 6.07) is 12.6. The van der Waals surface area contributed by atoms with Gasteiger partial charge < -0.3 is 14.6 Å². The molecular formula is C16H22N2O. The van der Waals surface area contributed by atoms with E-state index in [-0.39, 0.29) is 0 Å². The number of furan rings is 1. The third-order valence-corrected chi connectivity index (χ3v) is 3.19. The molecule has 2 aromatic rings. The normalized spacial score (nSPS) is 10.6. The summed E-state index contributed by atoms with van der Waals surface area (Å²) in [6.45, 7) is 8.08. The van der Waals surface area contributed by atoms with Gasteiger partial charge in [-0.25, -0.2) is 0 Å². The second-order valence-electron chi connectivity index (χ2n) is 4.67. The predicted octanol–water partition coefficient (Wildman–Crippen LogP) is 3.20. The van der Waals surface area contributed by atoms with Gasteiger partial charge in [-0.1, -0.05) is 12.1 Å². The van der Waals surface area contributed by atoms with Crippen LogP contribution in [-0.4, -0.2) is 19.6 Å². The number of rotatable bonds is 7. The van der Waals surface area contributed by atoms with Gasteiger partial charge in [-0.05, 0) is 43.7 Å². The van der Waals surface area contributed by atoms with Crippen molar-refractivity contribution < 1.29 is 4.42 Å². The van der Waals surface area contributed by atoms with E-state index in [4.69, 9.17) is 4.42 Å². The van der Waals surface area contributed by atoms with Crippen LogP contribution in [0.5, 0.6) is 0 Å². The molecule has 1 N–H and O–H groups in total. The Morgan fingerprint density at radius 3 is 2.79 bits per heavy atom. The summed E-state index contributed by atoms with van der Waals surface area (Å²) in [6.07, 6.45) is 1.71. The zero-order chi connectivity index (χ0) is 13.5. The lowest BCUT2D eigenvalue weighted by Crippen LogP contribution is -2.31. The van der Waals surface area contributed by atoms with Gasteiger partial charge in [-0.2, -0.15) is 0 Å². The van der Waals surface area contributed by atoms with Crippen LogP contribution < -0.4 is 10.2 Å². The number of hydrogen-bond donors (Lipinski definition) is 1. The molecule has 0 saturated carbocycles. The van der Waals surface area contributed by atoms with Crippen LogP contribution in [0.15, 0.2) is 47.1 Å². The third kappa shape index (κ3) is 4.14. The molecule has 0 unspecified atom stereocenters. The summed E-state index contributed by atoms with van der Waals surface area (Å²) in [5.74, 6) is 0.985. The zero-order valence-electron chi connectivity index (χ0n) is 11.7. The molecule has 0 aliphatic rings. The Balaban J connectivity index is 1.79. The monoisotopic (exact) mass is 258 g/mol. The van der Waals surface area contributed by atoms with Crippen LogP contribution in [0.2, 0.25) is 0 Å². The Hall–Kier alpha value is -1.74. The minimum atomic E-state index is 0.790. The molecular weight excluding hydrogens is 236 g/mol. The average Bonchev–Trinajstić information content (AvgIpc) is 2.92. The fraction of sp³-hybridized carbons (Fsp3) is 0.375. The molecule has 1 heterocycles. The largest absolute Gasteiger partial charge is 0.468 e. The first-order chi connectivity index (χ1) is 9.29. The first kappa shape index (κ1) is 13.7. The smallest absolute Gasteiger partial charge is 0.117 e. The van der Waals surface area contributed by atoms with Crippen molar-refractivity contribution in [2.45, 2.75) is 20.4 Å². The molecule has 0 saturated heterocycles. The molecule has 0 spiro atoms. The molecule has 3 heteroatoms. The maximum absolute atomic E-state index is 5.29. The molecule has 3 nitrogen and oxygen atoms in total. The molecule has 0 bridgehead atoms. The number of likely N-dealkylation sites (N-methyl/N-ethyl adjacent to an activating group) is 1. The second-order valence-corrected chi connectivity index (χ2v) is 4.67. The summed E-state index contributed by atoms with van der Waals surface area (Å²) >= 11 is 0. The molecule has 1 aromatic carbocycles. The van der Waals surface area contributed by atoms with E-state index in [1.807, 2.05) is 12.1 Å². The molecule has 0 aliphatic carbocycles. The number of nitrogens with one attached hydrogen (secondary N) is 1. The van der Waals surface area contributed by atoms with Gasteiger partial charge in [0.25, 0.3) is 0 Å². The zero-order valence-corrected chi connectivity index (χ0v) is 11.7. The SMILES string of the molecule is CCN(CCNCc1ccco1)c1cccc(C)c1. The molecule has 0 radical (unpaired) electrons. The van der Waals surface area contributed by atoms with Gasteiger partial charge in [0.05, 0.1) is 12.8 Å². The Morgan fingerprint density at radius 2 is 2.11 bits per heavy atom. The third-order valence-electron chi connectivity index (χ3n) is 3.19. The highest BCUT2D eigenvalue weighted by molar-refractivity contribution is 5.48. The minimum absolute atomic E-state index is 0.790. The fourth-order valence-electron chi connectivity index (χ4n) is 2.13. The summed E-state index contributed by atoms with van der Waals surface area (Å²) in [5, 5.41) is 3.40. The fourth-order valence-corrected chi connectivity index (χ4v) is 2.13. The van der Waals surface area contributed by atoms with Gasteiger partial charge >= 0.3 is 0 Å². The highest BCUT2D eigenvalue weighted by Gasteiger charge is 2.03. The number of nitrogens with zero attached hydrogens (tertiary/aromatic N) is 1. The summed E-state index contributed by atoms with van der Waals surface area (Å²) in [7, 11) is 0. The average molecular weight is 258 g/mol. The van der Waals surface area contributed by atoms with E-state index in [2.05, 4.69) is 48.3 Å². The van der Waals surface area contributed by atoms with E-state index in [1.165, 1.54) is 11.3 Å². The van der Waals surface area contributed by atoms with Crippen LogP contribution >= 0.6 is 0 Å². The topological polar surface area (TPSA) is 28.4 Å². The van der Waals surface area contributed by atoms with E-state index < -0.39 is 0 Å². The molecule has 0 atom stereocenters. The Morgan fingerprint density at radius 1 is 1.21 bits per heavy atom. The van der Waals surface area contributed by atoms with Crippen LogP contribution in [0.3, 0.4) is 0 Å². The maximum atomic E-state index is 5.29. The predicted molar refractivity (Wildman–Crippen MR) is 79.5 cm³/mol. The van der Waals surface area contributed by atoms with Crippen molar-refractivity contribution in [2.75, 3.05) is 24.5 Å². The number of anilines is 1. The van der Waals surface area contributed by atoms with Crippen LogP contribution in [0.4, 0.5) is 5.69 Å². The van der Waals surface area contributed by atoms with E-state index in [9.17, 15) is 0 Å². The van der Waals surface area contributed by atoms with E-state index >= 15 is 0 Å². The number of aryl methyl sites for hydroxylation is 1. The van der Waals surface area contributed by atoms with Crippen molar-refractivity contribution in [1.82, 2.24) is 5.32 Å². The quantitative estimate of drug-likeness (QED) is 0.773. The molecule has 0 fully saturated rings. The number of benzene rings is 1. The van der Waals surface area contributed by atoms with Crippen molar-refractivity contribution >= 4 is 5.69 Å². The van der Waals surface area contributed by atoms with Crippen molar-refractivity contribution in [3.8, 4) is 0 Å². The molecule has 0 amide bonds. The van der Waals surface area contributed by atoms with E-state index in [0.717, 1.165) is 31.9 Å². The molecule has 0 aliphatic heterocycles. The van der Waals surface area contributed by atoms with Crippen LogP contribution in [0.1, 0.15) is 18.2 Å². The van der Waals surface area contributed by atoms with Crippen LogP contribution in [0.25, 0.3) is 0 Å². The van der Waals surface area contributed by atoms with Gasteiger partial charge in [0, 0.05) is 25.3 Å². The van der Waals surface area contributed by atoms with E-state index in [0.29, 0.717) is 0 Å². The lowest BCUT2D eigenvalue weighted by atomic mass is 10.2. The van der Waals surface area contributed by atoms with Crippen LogP contribution in [-0.2, 0) is 6.54 Å². The highest BCUT2D eigenvalue weighted by Crippen LogP contribution is 2.14. The molecule has 1 aromatic heterocycles. The van der Waals surface area contributed by atoms with Crippen molar-refractivity contribution in [2.24, 2.45) is 0 Å². The van der Waals surface area contributed by atoms with Gasteiger partial charge in [-0.15, -0.1) is 0 Å². The standard InChI is InChI=1S/C16H22N2O/c1-3-18(15-7-4-6-14(2)12-15)10-9-17-13-16-8-5-11-19-16/h4-8,11-12,17H,3,9-10,13H2,1-2H3. The maximum Gasteiger partial charge on any atom is 0.117 e. The Kier molecular flexibility index (Phi) is 5.04. The molecule has 2 rings (SSSR count). The second kappa shape index (κ2) is 7.00. The lowest BCUT2D eigenvalue weighted by molar-refractivity contribution is 0.484. The summed E-state index contributed by atoms with van der Waals surface area (Å²) in [4.78, 5) is 2.38. The first-order valence-corrected chi connectivity index (χ1v) is 6.84. The lowest BCUT2D eigenvalue weighted by Gasteiger charge is -2.23. The van der Waals surface area contributed by atoms with Crippen molar-refractivity contribution in [3.63, 3.8) is 0 Å². The molecule has 19 heavy (non-hydrogen) atoms. The van der Waals surface area contributed by atoms with Gasteiger partial charge in [0.2, 0.25) is 0 Å². The first-order valence-electron chi connectivity index (χ1n) is 6.84. The van der Waals surface area contributed by atoms with Crippen LogP contribution in [0, 0.1) is 6.92 Å². The summed E-state index contributed by atoms with van der Waals surface area (Å²) in [5.41, 5.74) is 2.60. The molecule has 102 valence electrons. The number of hydrogen-bond acceptors (Lipinski definition) is 3. The minimum Gasteiger partial charge on any atom is -0.468 e. The van der Waals surface area contributed by atoms with Gasteiger partial charge in [-0.3, -0.25) is 0 Å². The van der Waals surface area contributed by atoms with E-state index in [1.54, 1.807) is 6.26 Å². The van der Waals surface area contributed by atoms with Gasteiger partial charge in [0.1, 0.15) is 5.76 Å². The van der Waals surface area contributed by atoms with Crippen molar-refractivity contribution in [3.05, 3.63) is 54.0 Å². The Bertz CT molecular complexity index is 479. The van der Waals surface area contributed by atoms with Gasteiger partial charge in [0.15, 0.2) is 0 Å². The summed E-state index contributed by atoms with van der Waals surface area (Å²) < 4.78 is 5.29. The van der Waals surface area contributed by atoms with Crippen molar-refractivity contribution in [1.29, 1.82) is 0 Å². The Labute approximate surface area is 115 Å². The highest BCUT2D eigenvalue weighted by atomic mass is 16.3.